The van der Waals surface area contributed by atoms with Crippen LogP contribution in [0.5, 0.6) is 0 Å². The average molecular weight is 322 g/mol. The maximum absolute atomic E-state index is 12.9. The van der Waals surface area contributed by atoms with Crippen molar-refractivity contribution in [1.29, 1.82) is 0 Å². The Morgan fingerprint density at radius 1 is 1.09 bits per heavy atom. The Labute approximate surface area is 139 Å². The highest BCUT2D eigenvalue weighted by atomic mass is 32.2. The fourth-order valence-electron chi connectivity index (χ4n) is 2.81. The average Bonchev–Trinajstić information content (AvgIpc) is 3.41. The van der Waals surface area contributed by atoms with Crippen molar-refractivity contribution in [1.82, 2.24) is 9.55 Å². The van der Waals surface area contributed by atoms with Crippen molar-refractivity contribution < 1.29 is 0 Å². The van der Waals surface area contributed by atoms with Crippen molar-refractivity contribution in [3.8, 4) is 0 Å². The molecule has 1 aromatic heterocycles. The van der Waals surface area contributed by atoms with E-state index in [9.17, 15) is 4.79 Å². The molecule has 2 aromatic carbocycles. The van der Waals surface area contributed by atoms with Gasteiger partial charge in [0.05, 0.1) is 10.9 Å². The summed E-state index contributed by atoms with van der Waals surface area (Å²) in [6, 6.07) is 18.3. The third-order valence-corrected chi connectivity index (χ3v) is 5.36. The zero-order valence-electron chi connectivity index (χ0n) is 13.0. The number of fused-ring (bicyclic) bond motifs is 1. The molecule has 0 saturated heterocycles. The van der Waals surface area contributed by atoms with E-state index in [1.54, 1.807) is 11.8 Å². The second-order valence-corrected chi connectivity index (χ2v) is 7.30. The monoisotopic (exact) mass is 322 g/mol. The van der Waals surface area contributed by atoms with Gasteiger partial charge in [0.15, 0.2) is 5.16 Å². The topological polar surface area (TPSA) is 34.9 Å². The molecule has 0 spiro atoms. The number of thioether (sulfide) groups is 1. The molecule has 1 atom stereocenters. The molecule has 1 saturated carbocycles. The smallest absolute Gasteiger partial charge is 0.262 e. The summed E-state index contributed by atoms with van der Waals surface area (Å²) in [7, 11) is 0. The van der Waals surface area contributed by atoms with E-state index in [-0.39, 0.29) is 10.8 Å². The molecule has 3 nitrogen and oxygen atoms in total. The molecule has 4 rings (SSSR count). The van der Waals surface area contributed by atoms with E-state index in [4.69, 9.17) is 4.98 Å². The van der Waals surface area contributed by atoms with Gasteiger partial charge < -0.3 is 0 Å². The lowest BCUT2D eigenvalue weighted by atomic mass is 10.2. The Kier molecular flexibility index (Phi) is 3.69. The lowest BCUT2D eigenvalue weighted by molar-refractivity contribution is 0.617. The van der Waals surface area contributed by atoms with Crippen molar-refractivity contribution in [3.63, 3.8) is 0 Å². The van der Waals surface area contributed by atoms with Gasteiger partial charge >= 0.3 is 0 Å². The number of benzene rings is 2. The summed E-state index contributed by atoms with van der Waals surface area (Å²) in [5.41, 5.74) is 2.14. The highest BCUT2D eigenvalue weighted by Gasteiger charge is 2.29. The third kappa shape index (κ3) is 2.79. The van der Waals surface area contributed by atoms with Crippen LogP contribution in [0, 0.1) is 0 Å². The Morgan fingerprint density at radius 3 is 2.52 bits per heavy atom. The summed E-state index contributed by atoms with van der Waals surface area (Å²) in [5.74, 6) is 0. The highest BCUT2D eigenvalue weighted by Crippen LogP contribution is 2.40. The Balaban J connectivity index is 1.79. The fraction of sp³-hybridized carbons (Fsp3) is 0.263. The molecule has 0 amide bonds. The van der Waals surface area contributed by atoms with Crippen molar-refractivity contribution in [2.75, 3.05) is 0 Å². The maximum atomic E-state index is 12.9. The van der Waals surface area contributed by atoms with Crippen molar-refractivity contribution in [3.05, 3.63) is 70.5 Å². The standard InChI is InChI=1S/C19H18N2OS/c1-13(14-7-3-2-4-8-14)23-19-20-17-10-6-5-9-16(17)18(22)21(19)15-11-12-15/h2-10,13,15H,11-12H2,1H3. The number of para-hydroxylation sites is 1. The Bertz CT molecular complexity index is 900. The summed E-state index contributed by atoms with van der Waals surface area (Å²) >= 11 is 1.67. The Morgan fingerprint density at radius 2 is 1.78 bits per heavy atom. The van der Waals surface area contributed by atoms with Gasteiger partial charge in [-0.1, -0.05) is 54.2 Å². The van der Waals surface area contributed by atoms with Crippen LogP contribution >= 0.6 is 11.8 Å². The van der Waals surface area contributed by atoms with Crippen molar-refractivity contribution >= 4 is 22.7 Å². The van der Waals surface area contributed by atoms with Gasteiger partial charge in [-0.15, -0.1) is 0 Å². The maximum Gasteiger partial charge on any atom is 0.262 e. The SMILES string of the molecule is CC(Sc1nc2ccccc2c(=O)n1C1CC1)c1ccccc1. The minimum atomic E-state index is 0.0980. The molecule has 1 aliphatic rings. The molecule has 1 fully saturated rings. The van der Waals surface area contributed by atoms with Crippen LogP contribution < -0.4 is 5.56 Å². The van der Waals surface area contributed by atoms with Gasteiger partial charge in [-0.3, -0.25) is 9.36 Å². The number of rotatable bonds is 4. The van der Waals surface area contributed by atoms with Gasteiger partial charge in [-0.25, -0.2) is 4.98 Å². The highest BCUT2D eigenvalue weighted by molar-refractivity contribution is 7.99. The van der Waals surface area contributed by atoms with Gasteiger partial charge in [-0.2, -0.15) is 0 Å². The van der Waals surface area contributed by atoms with Crippen molar-refractivity contribution in [2.45, 2.75) is 36.2 Å². The predicted molar refractivity (Wildman–Crippen MR) is 95.0 cm³/mol. The molecule has 0 aliphatic heterocycles. The molecule has 4 heteroatoms. The van der Waals surface area contributed by atoms with Crippen LogP contribution in [0.25, 0.3) is 10.9 Å². The molecule has 1 unspecified atom stereocenters. The van der Waals surface area contributed by atoms with Gasteiger partial charge in [-0.05, 0) is 37.5 Å². The van der Waals surface area contributed by atoms with Gasteiger partial charge in [0.2, 0.25) is 0 Å². The fourth-order valence-corrected chi connectivity index (χ4v) is 3.92. The number of hydrogen-bond acceptors (Lipinski definition) is 3. The first-order chi connectivity index (χ1) is 11.2. The lowest BCUT2D eigenvalue weighted by Crippen LogP contribution is -2.22. The Hall–Kier alpha value is -2.07. The predicted octanol–water partition coefficient (Wildman–Crippen LogP) is 4.58. The van der Waals surface area contributed by atoms with Crippen LogP contribution in [0.2, 0.25) is 0 Å². The summed E-state index contributed by atoms with van der Waals surface area (Å²) in [4.78, 5) is 17.6. The number of hydrogen-bond donors (Lipinski definition) is 0. The lowest BCUT2D eigenvalue weighted by Gasteiger charge is -2.16. The van der Waals surface area contributed by atoms with E-state index in [1.807, 2.05) is 47.0 Å². The number of nitrogens with zero attached hydrogens (tertiary/aromatic N) is 2. The van der Waals surface area contributed by atoms with Crippen LogP contribution in [-0.4, -0.2) is 9.55 Å². The summed E-state index contributed by atoms with van der Waals surface area (Å²) < 4.78 is 1.91. The molecule has 1 heterocycles. The normalized spacial score (nSPS) is 15.7. The van der Waals surface area contributed by atoms with Gasteiger partial charge in [0, 0.05) is 11.3 Å². The van der Waals surface area contributed by atoms with E-state index in [2.05, 4.69) is 19.1 Å². The summed E-state index contributed by atoms with van der Waals surface area (Å²) in [6.45, 7) is 2.17. The zero-order valence-corrected chi connectivity index (χ0v) is 13.8. The van der Waals surface area contributed by atoms with E-state index in [1.165, 1.54) is 5.56 Å². The van der Waals surface area contributed by atoms with Crippen molar-refractivity contribution in [2.24, 2.45) is 0 Å². The van der Waals surface area contributed by atoms with Crippen LogP contribution in [0.3, 0.4) is 0 Å². The quantitative estimate of drug-likeness (QED) is 0.521. The van der Waals surface area contributed by atoms with Crippen LogP contribution in [-0.2, 0) is 0 Å². The summed E-state index contributed by atoms with van der Waals surface area (Å²) in [6.07, 6.45) is 2.15. The second kappa shape index (κ2) is 5.85. The van der Waals surface area contributed by atoms with Crippen LogP contribution in [0.15, 0.2) is 64.5 Å². The molecular weight excluding hydrogens is 304 g/mol. The van der Waals surface area contributed by atoms with Gasteiger partial charge in [0.1, 0.15) is 0 Å². The zero-order chi connectivity index (χ0) is 15.8. The van der Waals surface area contributed by atoms with Crippen LogP contribution in [0.4, 0.5) is 0 Å². The first kappa shape index (κ1) is 14.5. The summed E-state index contributed by atoms with van der Waals surface area (Å²) in [5, 5.41) is 1.82. The first-order valence-corrected chi connectivity index (χ1v) is 8.85. The number of aromatic nitrogens is 2. The van der Waals surface area contributed by atoms with E-state index in [0.717, 1.165) is 28.9 Å². The molecule has 23 heavy (non-hydrogen) atoms. The van der Waals surface area contributed by atoms with E-state index >= 15 is 0 Å². The molecule has 116 valence electrons. The third-order valence-electron chi connectivity index (χ3n) is 4.24. The molecular formula is C19H18N2OS. The molecule has 0 radical (unpaired) electrons. The largest absolute Gasteiger partial charge is 0.284 e. The second-order valence-electron chi connectivity index (χ2n) is 5.99. The van der Waals surface area contributed by atoms with Gasteiger partial charge in [0.25, 0.3) is 5.56 Å². The van der Waals surface area contributed by atoms with E-state index < -0.39 is 0 Å². The first-order valence-electron chi connectivity index (χ1n) is 7.97. The van der Waals surface area contributed by atoms with Crippen LogP contribution in [0.1, 0.15) is 36.6 Å². The molecule has 1 aliphatic carbocycles. The minimum absolute atomic E-state index is 0.0980. The molecule has 0 bridgehead atoms. The molecule has 3 aromatic rings. The molecule has 0 N–H and O–H groups in total. The minimum Gasteiger partial charge on any atom is -0.284 e. The van der Waals surface area contributed by atoms with E-state index in [0.29, 0.717) is 6.04 Å².